The van der Waals surface area contributed by atoms with E-state index in [2.05, 4.69) is 39.0 Å². The van der Waals surface area contributed by atoms with Crippen LogP contribution in [0.5, 0.6) is 0 Å². The molecule has 1 atom stereocenters. The quantitative estimate of drug-likeness (QED) is 0.674. The summed E-state index contributed by atoms with van der Waals surface area (Å²) in [6, 6.07) is 14.7. The molecular formula is C27H38N4O3. The van der Waals surface area contributed by atoms with Gasteiger partial charge in [0.2, 0.25) is 0 Å². The van der Waals surface area contributed by atoms with Gasteiger partial charge in [0.05, 0.1) is 6.04 Å². The Morgan fingerprint density at radius 2 is 1.68 bits per heavy atom. The molecule has 2 saturated heterocycles. The lowest BCUT2D eigenvalue weighted by Gasteiger charge is -2.34. The summed E-state index contributed by atoms with van der Waals surface area (Å²) in [5.74, 6) is -0.0419. The summed E-state index contributed by atoms with van der Waals surface area (Å²) in [5.41, 5.74) is 1.44. The van der Waals surface area contributed by atoms with Crippen LogP contribution in [-0.4, -0.2) is 64.7 Å². The van der Waals surface area contributed by atoms with Crippen molar-refractivity contribution >= 4 is 12.0 Å². The summed E-state index contributed by atoms with van der Waals surface area (Å²) in [6.45, 7) is 9.64. The van der Waals surface area contributed by atoms with Crippen molar-refractivity contribution < 1.29 is 14.3 Å². The molecule has 1 N–H and O–H groups in total. The van der Waals surface area contributed by atoms with Crippen molar-refractivity contribution in [3.63, 3.8) is 0 Å². The van der Waals surface area contributed by atoms with E-state index in [9.17, 15) is 9.59 Å². The van der Waals surface area contributed by atoms with Crippen molar-refractivity contribution in [2.45, 2.75) is 64.1 Å². The Bertz CT molecular complexity index is 952. The van der Waals surface area contributed by atoms with Gasteiger partial charge in [-0.05, 0) is 77.2 Å². The molecule has 2 fully saturated rings. The van der Waals surface area contributed by atoms with Crippen molar-refractivity contribution in [3.05, 3.63) is 59.9 Å². The van der Waals surface area contributed by atoms with Crippen LogP contribution in [0.3, 0.4) is 0 Å². The normalized spacial score (nSPS) is 18.6. The first-order valence-corrected chi connectivity index (χ1v) is 12.5. The predicted octanol–water partition coefficient (Wildman–Crippen LogP) is 4.63. The zero-order valence-electron chi connectivity index (χ0n) is 20.7. The highest BCUT2D eigenvalue weighted by Crippen LogP contribution is 2.27. The molecule has 2 aromatic rings. The van der Waals surface area contributed by atoms with E-state index >= 15 is 0 Å². The van der Waals surface area contributed by atoms with Crippen LogP contribution in [0.25, 0.3) is 0 Å². The molecular weight excluding hydrogens is 428 g/mol. The van der Waals surface area contributed by atoms with E-state index in [0.717, 1.165) is 25.9 Å². The van der Waals surface area contributed by atoms with Gasteiger partial charge < -0.3 is 19.5 Å². The minimum Gasteiger partial charge on any atom is -0.444 e. The van der Waals surface area contributed by atoms with Gasteiger partial charge in [0, 0.05) is 31.9 Å². The smallest absolute Gasteiger partial charge is 0.410 e. The molecule has 3 heterocycles. The summed E-state index contributed by atoms with van der Waals surface area (Å²) in [7, 11) is 0. The average molecular weight is 467 g/mol. The molecule has 0 spiro atoms. The molecule has 184 valence electrons. The first-order chi connectivity index (χ1) is 16.3. The van der Waals surface area contributed by atoms with Crippen LogP contribution < -0.4 is 5.32 Å². The monoisotopic (exact) mass is 466 g/mol. The second-order valence-corrected chi connectivity index (χ2v) is 10.4. The van der Waals surface area contributed by atoms with Gasteiger partial charge in [-0.25, -0.2) is 4.79 Å². The van der Waals surface area contributed by atoms with E-state index in [-0.39, 0.29) is 24.1 Å². The number of aromatic nitrogens is 1. The molecule has 34 heavy (non-hydrogen) atoms. The molecule has 2 aliphatic heterocycles. The molecule has 4 rings (SSSR count). The van der Waals surface area contributed by atoms with Crippen molar-refractivity contribution in [3.8, 4) is 0 Å². The number of carbonyl (C=O) groups excluding carboxylic acids is 2. The second kappa shape index (κ2) is 10.6. The summed E-state index contributed by atoms with van der Waals surface area (Å²) >= 11 is 0. The van der Waals surface area contributed by atoms with Gasteiger partial charge in [-0.15, -0.1) is 0 Å². The molecule has 1 aromatic heterocycles. The fourth-order valence-corrected chi connectivity index (χ4v) is 5.02. The summed E-state index contributed by atoms with van der Waals surface area (Å²) in [5, 5.41) is 3.21. The lowest BCUT2D eigenvalue weighted by atomic mass is 10.0. The number of ether oxygens (including phenoxy) is 1. The lowest BCUT2D eigenvalue weighted by molar-refractivity contribution is 0.0187. The molecule has 2 aliphatic rings. The third-order valence-electron chi connectivity index (χ3n) is 6.74. The number of hydrogen-bond donors (Lipinski definition) is 1. The second-order valence-electron chi connectivity index (χ2n) is 10.4. The minimum absolute atomic E-state index is 0.0419. The third-order valence-corrected chi connectivity index (χ3v) is 6.74. The number of amides is 2. The van der Waals surface area contributed by atoms with E-state index in [1.807, 2.05) is 45.2 Å². The molecule has 1 aromatic carbocycles. The maximum atomic E-state index is 13.2. The van der Waals surface area contributed by atoms with Crippen molar-refractivity contribution in [1.82, 2.24) is 19.7 Å². The lowest BCUT2D eigenvalue weighted by Crippen LogP contribution is -2.42. The number of likely N-dealkylation sites (tertiary alicyclic amines) is 2. The van der Waals surface area contributed by atoms with Crippen LogP contribution >= 0.6 is 0 Å². The van der Waals surface area contributed by atoms with Crippen molar-refractivity contribution in [2.24, 2.45) is 0 Å². The van der Waals surface area contributed by atoms with Crippen LogP contribution in [0, 0.1) is 0 Å². The number of carbonyl (C=O) groups is 2. The van der Waals surface area contributed by atoms with Gasteiger partial charge in [0.1, 0.15) is 11.3 Å². The number of nitrogens with zero attached hydrogens (tertiary/aromatic N) is 3. The number of hydrogen-bond acceptors (Lipinski definition) is 4. The number of rotatable bonds is 6. The van der Waals surface area contributed by atoms with Gasteiger partial charge in [0.25, 0.3) is 5.91 Å². The SMILES string of the molecule is CC(C)(C)OC(=O)N1CCC(n2cccc2C(=O)NCC(c2ccccc2)N2CCCC2)CC1. The van der Waals surface area contributed by atoms with Crippen LogP contribution in [0.1, 0.15) is 74.6 Å². The molecule has 2 amide bonds. The summed E-state index contributed by atoms with van der Waals surface area (Å²) < 4.78 is 7.59. The number of nitrogens with one attached hydrogen (secondary N) is 1. The summed E-state index contributed by atoms with van der Waals surface area (Å²) in [4.78, 5) is 29.8. The average Bonchev–Trinajstić information content (AvgIpc) is 3.51. The zero-order valence-corrected chi connectivity index (χ0v) is 20.7. The van der Waals surface area contributed by atoms with E-state index in [4.69, 9.17) is 4.74 Å². The maximum absolute atomic E-state index is 13.2. The molecule has 1 unspecified atom stereocenters. The first kappa shape index (κ1) is 24.3. The van der Waals surface area contributed by atoms with Gasteiger partial charge in [-0.1, -0.05) is 30.3 Å². The Balaban J connectivity index is 1.37. The highest BCUT2D eigenvalue weighted by molar-refractivity contribution is 5.92. The fourth-order valence-electron chi connectivity index (χ4n) is 5.02. The van der Waals surface area contributed by atoms with Gasteiger partial charge in [-0.2, -0.15) is 0 Å². The molecule has 0 saturated carbocycles. The zero-order chi connectivity index (χ0) is 24.1. The first-order valence-electron chi connectivity index (χ1n) is 12.5. The van der Waals surface area contributed by atoms with E-state index in [1.165, 1.54) is 18.4 Å². The Labute approximate surface area is 203 Å². The van der Waals surface area contributed by atoms with Crippen LogP contribution in [0.2, 0.25) is 0 Å². The Hall–Kier alpha value is -2.80. The molecule has 0 aliphatic carbocycles. The standard InChI is InChI=1S/C27H38N4O3/c1-27(2,3)34-26(33)30-18-13-22(14-19-30)31-17-9-12-23(31)25(32)28-20-24(29-15-7-8-16-29)21-10-5-4-6-11-21/h4-6,9-12,17,22,24H,7-8,13-16,18-20H2,1-3H3,(H,28,32). The maximum Gasteiger partial charge on any atom is 0.410 e. The van der Waals surface area contributed by atoms with E-state index in [1.54, 1.807) is 4.90 Å². The van der Waals surface area contributed by atoms with Gasteiger partial charge >= 0.3 is 6.09 Å². The van der Waals surface area contributed by atoms with Crippen LogP contribution in [0.15, 0.2) is 48.7 Å². The number of benzene rings is 1. The Morgan fingerprint density at radius 1 is 1.00 bits per heavy atom. The van der Waals surface area contributed by atoms with Crippen LogP contribution in [-0.2, 0) is 4.74 Å². The Morgan fingerprint density at radius 3 is 2.32 bits per heavy atom. The largest absolute Gasteiger partial charge is 0.444 e. The topological polar surface area (TPSA) is 66.8 Å². The van der Waals surface area contributed by atoms with E-state index in [0.29, 0.717) is 25.3 Å². The van der Waals surface area contributed by atoms with Crippen molar-refractivity contribution in [2.75, 3.05) is 32.7 Å². The molecule has 7 nitrogen and oxygen atoms in total. The van der Waals surface area contributed by atoms with Gasteiger partial charge in [-0.3, -0.25) is 9.69 Å². The number of piperidine rings is 1. The third kappa shape index (κ3) is 6.00. The highest BCUT2D eigenvalue weighted by Gasteiger charge is 2.29. The van der Waals surface area contributed by atoms with Crippen LogP contribution in [0.4, 0.5) is 4.79 Å². The molecule has 0 bridgehead atoms. The van der Waals surface area contributed by atoms with Gasteiger partial charge in [0.15, 0.2) is 0 Å². The highest BCUT2D eigenvalue weighted by atomic mass is 16.6. The molecule has 0 radical (unpaired) electrons. The van der Waals surface area contributed by atoms with E-state index < -0.39 is 5.60 Å². The minimum atomic E-state index is -0.494. The molecule has 7 heteroatoms. The predicted molar refractivity (Wildman–Crippen MR) is 133 cm³/mol. The summed E-state index contributed by atoms with van der Waals surface area (Å²) in [6.07, 6.45) is 5.75. The Kier molecular flexibility index (Phi) is 7.61. The fraction of sp³-hybridized carbons (Fsp3) is 0.556. The van der Waals surface area contributed by atoms with Crippen molar-refractivity contribution in [1.29, 1.82) is 0 Å².